The van der Waals surface area contributed by atoms with Crippen LogP contribution < -0.4 is 5.46 Å². The maximum Gasteiger partial charge on any atom is 0.488 e. The summed E-state index contributed by atoms with van der Waals surface area (Å²) in [6.45, 7) is 23.8. The first-order valence-electron chi connectivity index (χ1n) is 12.8. The minimum absolute atomic E-state index is 0. The maximum atomic E-state index is 8.80. The molecule has 2 fully saturated rings. The lowest BCUT2D eigenvalue weighted by Gasteiger charge is -2.32. The molecule has 0 spiro atoms. The van der Waals surface area contributed by atoms with Crippen LogP contribution in [0.15, 0.2) is 28.7 Å². The Balaban J connectivity index is 0.000000312. The number of pyridine rings is 2. The van der Waals surface area contributed by atoms with Gasteiger partial charge in [0, 0.05) is 27.2 Å². The molecule has 0 amide bonds. The van der Waals surface area contributed by atoms with Crippen LogP contribution in [0.25, 0.3) is 0 Å². The van der Waals surface area contributed by atoms with Gasteiger partial charge >= 0.3 is 21.1 Å². The highest BCUT2D eigenvalue weighted by Gasteiger charge is 2.63. The molecule has 2 aliphatic rings. The molecule has 0 unspecified atom stereocenters. The first-order chi connectivity index (χ1) is 17.2. The van der Waals surface area contributed by atoms with E-state index in [1.165, 1.54) is 0 Å². The Morgan fingerprint density at radius 1 is 0.615 bits per heavy atom. The predicted octanol–water partition coefficient (Wildman–Crippen LogP) is 4.72. The first kappa shape index (κ1) is 35.8. The van der Waals surface area contributed by atoms with Gasteiger partial charge in [-0.2, -0.15) is 0 Å². The van der Waals surface area contributed by atoms with Crippen LogP contribution in [0.1, 0.15) is 85.6 Å². The second-order valence-corrected chi connectivity index (χ2v) is 12.8. The number of halogens is 1. The van der Waals surface area contributed by atoms with E-state index < -0.39 is 21.1 Å². The molecule has 4 rings (SSSR count). The molecule has 0 aliphatic carbocycles. The molecule has 2 N–H and O–H groups in total. The zero-order valence-electron chi connectivity index (χ0n) is 24.8. The molecule has 2 saturated heterocycles. The van der Waals surface area contributed by atoms with E-state index >= 15 is 0 Å². The highest BCUT2D eigenvalue weighted by Crippen LogP contribution is 2.42. The molecule has 0 atom stereocenters. The van der Waals surface area contributed by atoms with Crippen LogP contribution in [-0.4, -0.2) is 63.6 Å². The summed E-state index contributed by atoms with van der Waals surface area (Å²) in [5.74, 6) is 0. The summed E-state index contributed by atoms with van der Waals surface area (Å²) in [6.07, 6.45) is 0. The molecule has 0 aromatic carbocycles. The molecule has 2 aromatic rings. The van der Waals surface area contributed by atoms with Gasteiger partial charge in [-0.1, -0.05) is 23.4 Å². The van der Waals surface area contributed by atoms with E-state index in [0.29, 0.717) is 5.46 Å². The molecule has 4 heterocycles. The summed E-state index contributed by atoms with van der Waals surface area (Å²) < 4.78 is 25.0. The van der Waals surface area contributed by atoms with Crippen molar-refractivity contribution in [3.8, 4) is 0 Å². The molecule has 39 heavy (non-hydrogen) atoms. The summed E-state index contributed by atoms with van der Waals surface area (Å²) in [5.41, 5.74) is 2.77. The minimum Gasteiger partial charge on any atom is -0.423 e. The van der Waals surface area contributed by atoms with E-state index in [9.17, 15) is 0 Å². The van der Waals surface area contributed by atoms with Crippen LogP contribution in [0.4, 0.5) is 0 Å². The summed E-state index contributed by atoms with van der Waals surface area (Å²) in [7, 11) is -2.34. The van der Waals surface area contributed by atoms with Crippen LogP contribution >= 0.6 is 15.9 Å². The van der Waals surface area contributed by atoms with Gasteiger partial charge in [0.1, 0.15) is 0 Å². The molecule has 8 nitrogen and oxygen atoms in total. The predicted molar refractivity (Wildman–Crippen MR) is 164 cm³/mol. The average molecular weight is 607 g/mol. The highest BCUT2D eigenvalue weighted by atomic mass is 79.9. The lowest BCUT2D eigenvalue weighted by atomic mass is 9.49. The second-order valence-electron chi connectivity index (χ2n) is 11.9. The van der Waals surface area contributed by atoms with Gasteiger partial charge in [-0.15, -0.1) is 0 Å². The molecule has 2 aliphatic heterocycles. The average Bonchev–Trinajstić information content (AvgIpc) is 3.07. The van der Waals surface area contributed by atoms with E-state index in [-0.39, 0.29) is 29.8 Å². The molecule has 0 radical (unpaired) electrons. The van der Waals surface area contributed by atoms with Crippen molar-refractivity contribution >= 4 is 42.5 Å². The molecule has 0 saturated carbocycles. The molecular weight excluding hydrogens is 561 g/mol. The second kappa shape index (κ2) is 13.1. The van der Waals surface area contributed by atoms with Crippen LogP contribution in [0, 0.1) is 27.7 Å². The summed E-state index contributed by atoms with van der Waals surface area (Å²) >= 11 is 3.37. The fourth-order valence-corrected chi connectivity index (χ4v) is 4.46. The van der Waals surface area contributed by atoms with Gasteiger partial charge < -0.3 is 28.7 Å². The van der Waals surface area contributed by atoms with E-state index in [4.69, 9.17) is 28.7 Å². The van der Waals surface area contributed by atoms with Crippen molar-refractivity contribution in [2.75, 3.05) is 0 Å². The normalized spacial score (nSPS) is 19.8. The number of hydrogen-bond acceptors (Lipinski definition) is 8. The van der Waals surface area contributed by atoms with Gasteiger partial charge in [0.15, 0.2) is 0 Å². The van der Waals surface area contributed by atoms with Gasteiger partial charge in [-0.3, -0.25) is 9.97 Å². The summed E-state index contributed by atoms with van der Waals surface area (Å²) in [6, 6.07) is 7.29. The zero-order valence-corrected chi connectivity index (χ0v) is 26.4. The first-order valence-corrected chi connectivity index (χ1v) is 13.6. The van der Waals surface area contributed by atoms with E-state index in [0.717, 1.165) is 27.2 Å². The van der Waals surface area contributed by atoms with E-state index in [1.54, 1.807) is 12.1 Å². The standard InChI is InChI=1S/C12H24B2O4.C7H10BNO2.C7H8BrN.CH4/c1-9(2)10(3,4)16-13(15-9)14-17-11(5,6)12(7,8)18-14;1-5-3-7(8(10)11)4-6(2)9-5;1-5-3-7(8)4-6(2)9-5;/h1-8H3;3-4,10-11H,1-2H3;3-4H,1-2H3;1H4. The van der Waals surface area contributed by atoms with E-state index in [2.05, 4.69) is 25.9 Å². The number of hydrogen-bond donors (Lipinski definition) is 2. The van der Waals surface area contributed by atoms with Gasteiger partial charge in [0.05, 0.1) is 22.4 Å². The van der Waals surface area contributed by atoms with Crippen molar-refractivity contribution in [2.45, 2.75) is 113 Å². The van der Waals surface area contributed by atoms with Gasteiger partial charge in [0.25, 0.3) is 0 Å². The van der Waals surface area contributed by atoms with Crippen LogP contribution in [0.2, 0.25) is 0 Å². The largest absolute Gasteiger partial charge is 0.488 e. The maximum absolute atomic E-state index is 8.80. The smallest absolute Gasteiger partial charge is 0.423 e. The lowest BCUT2D eigenvalue weighted by Crippen LogP contribution is -2.41. The number of aromatic nitrogens is 2. The fourth-order valence-electron chi connectivity index (χ4n) is 3.80. The van der Waals surface area contributed by atoms with Crippen molar-refractivity contribution in [1.82, 2.24) is 9.97 Å². The van der Waals surface area contributed by atoms with Crippen molar-refractivity contribution < 1.29 is 28.7 Å². The Morgan fingerprint density at radius 3 is 1.10 bits per heavy atom. The molecule has 2 aromatic heterocycles. The zero-order chi connectivity index (χ0) is 29.3. The Hall–Kier alpha value is -1.27. The quantitative estimate of drug-likeness (QED) is 0.474. The third-order valence-corrected chi connectivity index (χ3v) is 7.67. The van der Waals surface area contributed by atoms with Crippen LogP contribution in [0.3, 0.4) is 0 Å². The summed E-state index contributed by atoms with van der Waals surface area (Å²) in [5, 5.41) is 17.6. The fraction of sp³-hybridized carbons (Fsp3) is 0.630. The molecule has 0 bridgehead atoms. The van der Waals surface area contributed by atoms with Gasteiger partial charge in [-0.25, -0.2) is 0 Å². The monoisotopic (exact) mass is 606 g/mol. The molecule has 216 valence electrons. The van der Waals surface area contributed by atoms with Gasteiger partial charge in [0.2, 0.25) is 0 Å². The lowest BCUT2D eigenvalue weighted by molar-refractivity contribution is 0.00578. The topological polar surface area (TPSA) is 103 Å². The third-order valence-electron chi connectivity index (χ3n) is 7.21. The Kier molecular flexibility index (Phi) is 12.1. The summed E-state index contributed by atoms with van der Waals surface area (Å²) in [4.78, 5) is 8.30. The Labute approximate surface area is 245 Å². The highest BCUT2D eigenvalue weighted by molar-refractivity contribution is 9.10. The molecular formula is C27H46B3BrN2O6. The number of nitrogens with zero attached hydrogens (tertiary/aromatic N) is 2. The third kappa shape index (κ3) is 9.38. The SMILES string of the molecule is C.CC1(C)OB(B2OC(C)(C)C(C)(C)O2)OC1(C)C.Cc1cc(B(O)O)cc(C)n1.Cc1cc(Br)cc(C)n1. The van der Waals surface area contributed by atoms with Crippen molar-refractivity contribution in [3.63, 3.8) is 0 Å². The van der Waals surface area contributed by atoms with Crippen LogP contribution in [-0.2, 0) is 18.6 Å². The van der Waals surface area contributed by atoms with Crippen LogP contribution in [0.5, 0.6) is 0 Å². The van der Waals surface area contributed by atoms with Crippen molar-refractivity contribution in [1.29, 1.82) is 0 Å². The number of rotatable bonds is 2. The minimum atomic E-state index is -1.39. The molecule has 12 heteroatoms. The Bertz CT molecular complexity index is 978. The van der Waals surface area contributed by atoms with Crippen molar-refractivity contribution in [3.05, 3.63) is 51.5 Å². The van der Waals surface area contributed by atoms with Crippen molar-refractivity contribution in [2.24, 2.45) is 0 Å². The van der Waals surface area contributed by atoms with Gasteiger partial charge in [-0.05, 0) is 113 Å². The number of aryl methyl sites for hydroxylation is 4. The van der Waals surface area contributed by atoms with E-state index in [1.807, 2.05) is 95.2 Å². The Morgan fingerprint density at radius 2 is 0.872 bits per heavy atom.